The molecule has 0 heterocycles. The minimum Gasteiger partial charge on any atom is -0.491 e. The first-order valence-corrected chi connectivity index (χ1v) is 7.79. The molecule has 21 heavy (non-hydrogen) atoms. The average Bonchev–Trinajstić information content (AvgIpc) is 2.88. The van der Waals surface area contributed by atoms with E-state index in [-0.39, 0.29) is 6.10 Å². The van der Waals surface area contributed by atoms with E-state index in [1.165, 1.54) is 29.5 Å². The van der Waals surface area contributed by atoms with Crippen LogP contribution in [0.1, 0.15) is 43.0 Å². The molecule has 1 atom stereocenters. The molecule has 1 aliphatic rings. The summed E-state index contributed by atoms with van der Waals surface area (Å²) in [5, 5.41) is 3.68. The minimum atomic E-state index is 0.218. The summed E-state index contributed by atoms with van der Waals surface area (Å²) in [6, 6.07) is 17.6. The molecule has 0 fully saturated rings. The minimum absolute atomic E-state index is 0.218. The summed E-state index contributed by atoms with van der Waals surface area (Å²) in [6.45, 7) is 5.00. The van der Waals surface area contributed by atoms with Crippen molar-refractivity contribution in [2.24, 2.45) is 0 Å². The molecule has 0 bridgehead atoms. The van der Waals surface area contributed by atoms with Crippen molar-refractivity contribution in [3.8, 4) is 5.75 Å². The largest absolute Gasteiger partial charge is 0.491 e. The first-order valence-electron chi connectivity index (χ1n) is 7.79. The van der Waals surface area contributed by atoms with E-state index in [0.29, 0.717) is 6.04 Å². The molecule has 1 N–H and O–H groups in total. The maximum absolute atomic E-state index is 5.76. The molecular formula is C19H23NO. The highest BCUT2D eigenvalue weighted by molar-refractivity contribution is 5.35. The van der Waals surface area contributed by atoms with Crippen molar-refractivity contribution in [1.29, 1.82) is 0 Å². The molecule has 110 valence electrons. The van der Waals surface area contributed by atoms with Crippen molar-refractivity contribution in [3.05, 3.63) is 65.2 Å². The van der Waals surface area contributed by atoms with Gasteiger partial charge in [-0.2, -0.15) is 0 Å². The van der Waals surface area contributed by atoms with Gasteiger partial charge in [0.2, 0.25) is 0 Å². The molecule has 0 spiro atoms. The third kappa shape index (κ3) is 3.45. The van der Waals surface area contributed by atoms with Gasteiger partial charge in [-0.3, -0.25) is 0 Å². The predicted molar refractivity (Wildman–Crippen MR) is 86.5 cm³/mol. The second-order valence-corrected chi connectivity index (χ2v) is 5.98. The molecule has 0 saturated heterocycles. The van der Waals surface area contributed by atoms with Gasteiger partial charge in [0.05, 0.1) is 6.10 Å². The van der Waals surface area contributed by atoms with Crippen LogP contribution in [0.4, 0.5) is 0 Å². The molecular weight excluding hydrogens is 258 g/mol. The van der Waals surface area contributed by atoms with E-state index in [1.807, 2.05) is 6.07 Å². The van der Waals surface area contributed by atoms with Crippen molar-refractivity contribution in [3.63, 3.8) is 0 Å². The van der Waals surface area contributed by atoms with Gasteiger partial charge in [0.1, 0.15) is 5.75 Å². The Labute approximate surface area is 127 Å². The van der Waals surface area contributed by atoms with Crippen molar-refractivity contribution < 1.29 is 4.74 Å². The van der Waals surface area contributed by atoms with E-state index in [4.69, 9.17) is 4.74 Å². The molecule has 3 rings (SSSR count). The van der Waals surface area contributed by atoms with Gasteiger partial charge in [-0.15, -0.1) is 0 Å². The SMILES string of the molecule is CC(C)Oc1cccc(CNC2CCc3ccccc32)c1. The van der Waals surface area contributed by atoms with Gasteiger partial charge in [-0.1, -0.05) is 36.4 Å². The van der Waals surface area contributed by atoms with Crippen LogP contribution < -0.4 is 10.1 Å². The van der Waals surface area contributed by atoms with Gasteiger partial charge in [0.25, 0.3) is 0 Å². The van der Waals surface area contributed by atoms with E-state index >= 15 is 0 Å². The monoisotopic (exact) mass is 281 g/mol. The third-order valence-corrected chi connectivity index (χ3v) is 3.96. The van der Waals surface area contributed by atoms with Crippen molar-refractivity contribution in [2.75, 3.05) is 0 Å². The van der Waals surface area contributed by atoms with Crippen LogP contribution in [0, 0.1) is 0 Å². The molecule has 2 heteroatoms. The van der Waals surface area contributed by atoms with Crippen LogP contribution in [0.2, 0.25) is 0 Å². The van der Waals surface area contributed by atoms with E-state index < -0.39 is 0 Å². The Bertz CT molecular complexity index is 606. The normalized spacial score (nSPS) is 17.0. The Morgan fingerprint density at radius 1 is 1.14 bits per heavy atom. The summed E-state index contributed by atoms with van der Waals surface area (Å²) in [7, 11) is 0. The van der Waals surface area contributed by atoms with Gasteiger partial charge in [0.15, 0.2) is 0 Å². The topological polar surface area (TPSA) is 21.3 Å². The summed E-state index contributed by atoms with van der Waals surface area (Å²) in [5.41, 5.74) is 4.23. The summed E-state index contributed by atoms with van der Waals surface area (Å²) in [5.74, 6) is 0.955. The Balaban J connectivity index is 1.63. The highest BCUT2D eigenvalue weighted by Gasteiger charge is 2.20. The number of rotatable bonds is 5. The molecule has 0 aromatic heterocycles. The number of fused-ring (bicyclic) bond motifs is 1. The molecule has 0 amide bonds. The van der Waals surface area contributed by atoms with Crippen LogP contribution in [0.25, 0.3) is 0 Å². The maximum Gasteiger partial charge on any atom is 0.120 e. The Morgan fingerprint density at radius 2 is 2.00 bits per heavy atom. The van der Waals surface area contributed by atoms with E-state index in [0.717, 1.165) is 12.3 Å². The lowest BCUT2D eigenvalue weighted by Gasteiger charge is -2.15. The number of hydrogen-bond acceptors (Lipinski definition) is 2. The summed E-state index contributed by atoms with van der Waals surface area (Å²) >= 11 is 0. The van der Waals surface area contributed by atoms with Gasteiger partial charge >= 0.3 is 0 Å². The zero-order valence-electron chi connectivity index (χ0n) is 12.8. The second-order valence-electron chi connectivity index (χ2n) is 5.98. The van der Waals surface area contributed by atoms with Crippen LogP contribution in [0.3, 0.4) is 0 Å². The van der Waals surface area contributed by atoms with Crippen molar-refractivity contribution >= 4 is 0 Å². The third-order valence-electron chi connectivity index (χ3n) is 3.96. The van der Waals surface area contributed by atoms with Crippen LogP contribution in [-0.4, -0.2) is 6.10 Å². The summed E-state index contributed by atoms with van der Waals surface area (Å²) in [6.07, 6.45) is 2.60. The number of benzene rings is 2. The van der Waals surface area contributed by atoms with Crippen LogP contribution in [0.15, 0.2) is 48.5 Å². The molecule has 2 nitrogen and oxygen atoms in total. The van der Waals surface area contributed by atoms with Gasteiger partial charge < -0.3 is 10.1 Å². The number of aryl methyl sites for hydroxylation is 1. The van der Waals surface area contributed by atoms with Crippen molar-refractivity contribution in [2.45, 2.75) is 45.4 Å². The van der Waals surface area contributed by atoms with Crippen molar-refractivity contribution in [1.82, 2.24) is 5.32 Å². The lowest BCUT2D eigenvalue weighted by Crippen LogP contribution is -2.18. The fraction of sp³-hybridized carbons (Fsp3) is 0.368. The van der Waals surface area contributed by atoms with E-state index in [9.17, 15) is 0 Å². The van der Waals surface area contributed by atoms with E-state index in [1.54, 1.807) is 0 Å². The van der Waals surface area contributed by atoms with Gasteiger partial charge in [-0.05, 0) is 55.5 Å². The number of ether oxygens (including phenoxy) is 1. The molecule has 0 radical (unpaired) electrons. The molecule has 1 aliphatic carbocycles. The second kappa shape index (κ2) is 6.31. The highest BCUT2D eigenvalue weighted by atomic mass is 16.5. The fourth-order valence-electron chi connectivity index (χ4n) is 3.01. The van der Waals surface area contributed by atoms with Crippen LogP contribution in [-0.2, 0) is 13.0 Å². The quantitative estimate of drug-likeness (QED) is 0.884. The van der Waals surface area contributed by atoms with Crippen LogP contribution >= 0.6 is 0 Å². The van der Waals surface area contributed by atoms with Gasteiger partial charge in [-0.25, -0.2) is 0 Å². The zero-order valence-corrected chi connectivity index (χ0v) is 12.8. The molecule has 2 aromatic carbocycles. The summed E-state index contributed by atoms with van der Waals surface area (Å²) < 4.78 is 5.76. The highest BCUT2D eigenvalue weighted by Crippen LogP contribution is 2.31. The maximum atomic E-state index is 5.76. The summed E-state index contributed by atoms with van der Waals surface area (Å²) in [4.78, 5) is 0. The first-order chi connectivity index (χ1) is 10.2. The predicted octanol–water partition coefficient (Wildman–Crippen LogP) is 4.25. The lowest BCUT2D eigenvalue weighted by atomic mass is 10.1. The van der Waals surface area contributed by atoms with Gasteiger partial charge in [0, 0.05) is 12.6 Å². The molecule has 2 aromatic rings. The fourth-order valence-corrected chi connectivity index (χ4v) is 3.01. The standard InChI is InChI=1S/C19H23NO/c1-14(2)21-17-8-5-6-15(12-17)13-20-19-11-10-16-7-3-4-9-18(16)19/h3-9,12,14,19-20H,10-11,13H2,1-2H3. The Morgan fingerprint density at radius 3 is 2.86 bits per heavy atom. The zero-order chi connectivity index (χ0) is 14.7. The van der Waals surface area contributed by atoms with Crippen LogP contribution in [0.5, 0.6) is 5.75 Å². The average molecular weight is 281 g/mol. The number of nitrogens with one attached hydrogen (secondary N) is 1. The Kier molecular flexibility index (Phi) is 4.26. The lowest BCUT2D eigenvalue weighted by molar-refractivity contribution is 0.242. The number of hydrogen-bond donors (Lipinski definition) is 1. The molecule has 1 unspecified atom stereocenters. The molecule has 0 saturated carbocycles. The smallest absolute Gasteiger partial charge is 0.120 e. The van der Waals surface area contributed by atoms with E-state index in [2.05, 4.69) is 61.6 Å². The Hall–Kier alpha value is -1.80. The molecule has 0 aliphatic heterocycles. The first kappa shape index (κ1) is 14.2.